The third kappa shape index (κ3) is 4.57. The number of carbonyl (C=O) groups is 2. The van der Waals surface area contributed by atoms with Crippen LogP contribution in [0.25, 0.3) is 6.08 Å². The molecule has 0 unspecified atom stereocenters. The number of allylic oxidation sites excluding steroid dienone is 4. The van der Waals surface area contributed by atoms with Crippen LogP contribution in [-0.4, -0.2) is 22.2 Å². The Bertz CT molecular complexity index is 576. The lowest BCUT2D eigenvalue weighted by Gasteiger charge is -1.99. The Morgan fingerprint density at radius 2 is 1.50 bits per heavy atom. The van der Waals surface area contributed by atoms with Crippen molar-refractivity contribution in [3.05, 3.63) is 64.8 Å². The summed E-state index contributed by atoms with van der Waals surface area (Å²) in [6.45, 7) is 3.32. The van der Waals surface area contributed by atoms with Gasteiger partial charge in [0, 0.05) is 0 Å². The number of hydrogen-bond donors (Lipinski definition) is 2. The predicted octanol–water partition coefficient (Wildman–Crippen LogP) is 3.13. The first kappa shape index (κ1) is 15.4. The first-order valence-electron chi connectivity index (χ1n) is 6.00. The molecule has 0 aliphatic heterocycles. The zero-order valence-electron chi connectivity index (χ0n) is 11.3. The summed E-state index contributed by atoms with van der Waals surface area (Å²) in [5.74, 6) is -2.88. The Labute approximate surface area is 117 Å². The van der Waals surface area contributed by atoms with E-state index in [1.54, 1.807) is 6.08 Å². The maximum Gasteiger partial charge on any atom is 0.343 e. The van der Waals surface area contributed by atoms with Gasteiger partial charge >= 0.3 is 11.9 Å². The van der Waals surface area contributed by atoms with E-state index in [1.807, 2.05) is 43.3 Å². The summed E-state index contributed by atoms with van der Waals surface area (Å²) in [4.78, 5) is 21.7. The van der Waals surface area contributed by atoms with E-state index in [0.717, 1.165) is 11.1 Å². The molecule has 0 aliphatic rings. The van der Waals surface area contributed by atoms with E-state index in [1.165, 1.54) is 13.0 Å². The third-order valence-electron chi connectivity index (χ3n) is 2.61. The summed E-state index contributed by atoms with van der Waals surface area (Å²) in [5.41, 5.74) is 1.50. The fourth-order valence-electron chi connectivity index (χ4n) is 1.63. The van der Waals surface area contributed by atoms with Crippen LogP contribution in [0.2, 0.25) is 0 Å². The lowest BCUT2D eigenvalue weighted by atomic mass is 10.1. The smallest absolute Gasteiger partial charge is 0.343 e. The molecular weight excluding hydrogens is 256 g/mol. The van der Waals surface area contributed by atoms with Gasteiger partial charge in [-0.2, -0.15) is 0 Å². The fraction of sp³-hybridized carbons (Fsp3) is 0.125. The maximum atomic E-state index is 10.8. The molecule has 0 aromatic heterocycles. The molecule has 0 saturated carbocycles. The van der Waals surface area contributed by atoms with Gasteiger partial charge in [0.1, 0.15) is 5.57 Å². The largest absolute Gasteiger partial charge is 0.477 e. The highest BCUT2D eigenvalue weighted by Gasteiger charge is 2.17. The molecule has 1 aromatic rings. The van der Waals surface area contributed by atoms with Crippen molar-refractivity contribution in [1.29, 1.82) is 0 Å². The Morgan fingerprint density at radius 3 is 2.00 bits per heavy atom. The van der Waals surface area contributed by atoms with E-state index in [-0.39, 0.29) is 5.57 Å². The zero-order chi connectivity index (χ0) is 15.1. The van der Waals surface area contributed by atoms with Crippen LogP contribution in [0.15, 0.2) is 59.2 Å². The molecule has 2 N–H and O–H groups in total. The van der Waals surface area contributed by atoms with Gasteiger partial charge in [-0.15, -0.1) is 0 Å². The number of hydrogen-bond acceptors (Lipinski definition) is 2. The predicted molar refractivity (Wildman–Crippen MR) is 77.2 cm³/mol. The van der Waals surface area contributed by atoms with Gasteiger partial charge in [0.05, 0.1) is 0 Å². The number of carboxylic acid groups (broad SMARTS) is 2. The Hall–Kier alpha value is -2.62. The van der Waals surface area contributed by atoms with Crippen LogP contribution in [0.1, 0.15) is 19.4 Å². The minimum atomic E-state index is -1.44. The molecule has 0 saturated heterocycles. The standard InChI is InChI=1S/C16H16O4/c1-11(10-13-6-4-3-5-7-13)8-9-12(2)14(15(17)18)16(19)20/h3-10H,1-2H3,(H,17,18)(H,19,20)/b9-8+,11-10+. The van der Waals surface area contributed by atoms with E-state index in [0.29, 0.717) is 0 Å². The van der Waals surface area contributed by atoms with Crippen molar-refractivity contribution in [3.8, 4) is 0 Å². The lowest BCUT2D eigenvalue weighted by molar-refractivity contribution is -0.140. The van der Waals surface area contributed by atoms with Gasteiger partial charge in [-0.25, -0.2) is 9.59 Å². The summed E-state index contributed by atoms with van der Waals surface area (Å²) in [5, 5.41) is 17.7. The van der Waals surface area contributed by atoms with E-state index in [9.17, 15) is 9.59 Å². The average Bonchev–Trinajstić information content (AvgIpc) is 2.36. The van der Waals surface area contributed by atoms with Crippen LogP contribution in [-0.2, 0) is 9.59 Å². The molecule has 4 nitrogen and oxygen atoms in total. The van der Waals surface area contributed by atoms with Crippen molar-refractivity contribution in [2.24, 2.45) is 0 Å². The highest BCUT2D eigenvalue weighted by molar-refractivity contribution is 6.13. The molecule has 0 bridgehead atoms. The summed E-state index contributed by atoms with van der Waals surface area (Å²) in [7, 11) is 0. The quantitative estimate of drug-likeness (QED) is 0.374. The van der Waals surface area contributed by atoms with E-state index >= 15 is 0 Å². The molecule has 0 fully saturated rings. The fourth-order valence-corrected chi connectivity index (χ4v) is 1.63. The third-order valence-corrected chi connectivity index (χ3v) is 2.61. The molecule has 0 heterocycles. The highest BCUT2D eigenvalue weighted by Crippen LogP contribution is 2.11. The van der Waals surface area contributed by atoms with Crippen LogP contribution < -0.4 is 0 Å². The first-order chi connectivity index (χ1) is 9.41. The second kappa shape index (κ2) is 7.09. The van der Waals surface area contributed by atoms with Crippen molar-refractivity contribution in [2.75, 3.05) is 0 Å². The molecule has 1 rings (SSSR count). The monoisotopic (exact) mass is 272 g/mol. The average molecular weight is 272 g/mol. The molecule has 104 valence electrons. The Kier molecular flexibility index (Phi) is 5.47. The van der Waals surface area contributed by atoms with Gasteiger partial charge in [-0.1, -0.05) is 54.1 Å². The lowest BCUT2D eigenvalue weighted by Crippen LogP contribution is -2.12. The van der Waals surface area contributed by atoms with Gasteiger partial charge in [0.25, 0.3) is 0 Å². The van der Waals surface area contributed by atoms with Crippen LogP contribution in [0.4, 0.5) is 0 Å². The minimum absolute atomic E-state index is 0.200. The van der Waals surface area contributed by atoms with E-state index in [2.05, 4.69) is 0 Å². The second-order valence-corrected chi connectivity index (χ2v) is 4.30. The van der Waals surface area contributed by atoms with Crippen molar-refractivity contribution in [2.45, 2.75) is 13.8 Å². The summed E-state index contributed by atoms with van der Waals surface area (Å²) in [6.07, 6.45) is 5.10. The van der Waals surface area contributed by atoms with E-state index < -0.39 is 17.5 Å². The van der Waals surface area contributed by atoms with Crippen molar-refractivity contribution in [1.82, 2.24) is 0 Å². The van der Waals surface area contributed by atoms with Crippen LogP contribution in [0.3, 0.4) is 0 Å². The molecule has 20 heavy (non-hydrogen) atoms. The Balaban J connectivity index is 2.97. The molecule has 0 amide bonds. The number of aliphatic carboxylic acids is 2. The van der Waals surface area contributed by atoms with Crippen LogP contribution in [0.5, 0.6) is 0 Å². The first-order valence-corrected chi connectivity index (χ1v) is 6.00. The summed E-state index contributed by atoms with van der Waals surface area (Å²) in [6, 6.07) is 9.64. The molecule has 4 heteroatoms. The van der Waals surface area contributed by atoms with Crippen molar-refractivity contribution < 1.29 is 19.8 Å². The number of carboxylic acids is 2. The normalized spacial score (nSPS) is 11.4. The van der Waals surface area contributed by atoms with Gasteiger partial charge in [-0.3, -0.25) is 0 Å². The van der Waals surface area contributed by atoms with Crippen LogP contribution >= 0.6 is 0 Å². The molecule has 0 atom stereocenters. The zero-order valence-corrected chi connectivity index (χ0v) is 11.3. The SMILES string of the molecule is CC(/C=C/C(C)=C/c1ccccc1)=C(C(=O)O)C(=O)O. The van der Waals surface area contributed by atoms with Crippen molar-refractivity contribution in [3.63, 3.8) is 0 Å². The number of rotatable bonds is 5. The van der Waals surface area contributed by atoms with Crippen LogP contribution in [0, 0.1) is 0 Å². The molecule has 0 aliphatic carbocycles. The van der Waals surface area contributed by atoms with Gasteiger partial charge in [-0.05, 0) is 25.0 Å². The molecule has 0 radical (unpaired) electrons. The molecule has 0 spiro atoms. The minimum Gasteiger partial charge on any atom is -0.477 e. The molecule has 1 aromatic carbocycles. The highest BCUT2D eigenvalue weighted by atomic mass is 16.4. The number of benzene rings is 1. The summed E-state index contributed by atoms with van der Waals surface area (Å²) >= 11 is 0. The second-order valence-electron chi connectivity index (χ2n) is 4.30. The van der Waals surface area contributed by atoms with Gasteiger partial charge in [0.2, 0.25) is 0 Å². The van der Waals surface area contributed by atoms with Gasteiger partial charge in [0.15, 0.2) is 0 Å². The van der Waals surface area contributed by atoms with E-state index in [4.69, 9.17) is 10.2 Å². The molecular formula is C16H16O4. The summed E-state index contributed by atoms with van der Waals surface area (Å²) < 4.78 is 0. The maximum absolute atomic E-state index is 10.8. The topological polar surface area (TPSA) is 74.6 Å². The van der Waals surface area contributed by atoms with Gasteiger partial charge < -0.3 is 10.2 Å². The Morgan fingerprint density at radius 1 is 0.950 bits per heavy atom. The van der Waals surface area contributed by atoms with Crippen molar-refractivity contribution >= 4 is 18.0 Å².